The summed E-state index contributed by atoms with van der Waals surface area (Å²) in [7, 11) is 0. The summed E-state index contributed by atoms with van der Waals surface area (Å²) < 4.78 is 6.25. The van der Waals surface area contributed by atoms with Crippen LogP contribution in [0.2, 0.25) is 0 Å². The second kappa shape index (κ2) is 7.84. The zero-order chi connectivity index (χ0) is 19.6. The van der Waals surface area contributed by atoms with Gasteiger partial charge in [0.1, 0.15) is 18.3 Å². The molecule has 4 atom stereocenters. The summed E-state index contributed by atoms with van der Waals surface area (Å²) in [5.41, 5.74) is 2.72. The van der Waals surface area contributed by atoms with E-state index in [2.05, 4.69) is 10.5 Å². The minimum atomic E-state index is -1.40. The summed E-state index contributed by atoms with van der Waals surface area (Å²) in [6.45, 7) is 1.33. The molecule has 10 nitrogen and oxygen atoms in total. The third-order valence-corrected chi connectivity index (χ3v) is 4.12. The highest BCUT2D eigenvalue weighted by Crippen LogP contribution is 2.28. The van der Waals surface area contributed by atoms with Crippen LogP contribution in [0.4, 0.5) is 5.82 Å². The van der Waals surface area contributed by atoms with E-state index in [1.807, 2.05) is 13.0 Å². The third-order valence-electron chi connectivity index (χ3n) is 4.12. The molecule has 2 heterocycles. The van der Waals surface area contributed by atoms with Crippen LogP contribution in [0.15, 0.2) is 41.3 Å². The van der Waals surface area contributed by atoms with Crippen molar-refractivity contribution in [2.45, 2.75) is 31.5 Å². The Morgan fingerprint density at radius 3 is 2.74 bits per heavy atom. The van der Waals surface area contributed by atoms with E-state index in [1.165, 1.54) is 12.3 Å². The van der Waals surface area contributed by atoms with Gasteiger partial charge in [-0.15, -0.1) is 0 Å². The molecular weight excluding hydrogens is 358 g/mol. The molecule has 1 saturated heterocycles. The van der Waals surface area contributed by atoms with Crippen LogP contribution in [0.25, 0.3) is 0 Å². The number of carbonyl (C=O) groups is 1. The van der Waals surface area contributed by atoms with Crippen molar-refractivity contribution in [1.29, 1.82) is 0 Å². The highest BCUT2D eigenvalue weighted by Gasteiger charge is 2.43. The molecule has 0 aliphatic carbocycles. The van der Waals surface area contributed by atoms with Gasteiger partial charge in [-0.2, -0.15) is 10.5 Å². The van der Waals surface area contributed by atoms with Gasteiger partial charge in [0.15, 0.2) is 12.0 Å². The maximum absolute atomic E-state index is 12.2. The van der Waals surface area contributed by atoms with Crippen LogP contribution in [0.1, 0.15) is 22.1 Å². The first-order chi connectivity index (χ1) is 12.9. The van der Waals surface area contributed by atoms with E-state index in [0.717, 1.165) is 10.1 Å². The summed E-state index contributed by atoms with van der Waals surface area (Å²) in [6.07, 6.45) is -3.68. The second-order valence-electron chi connectivity index (χ2n) is 6.09. The molecule has 1 fully saturated rings. The topological polar surface area (TPSA) is 143 Å². The van der Waals surface area contributed by atoms with Crippen LogP contribution in [0.3, 0.4) is 0 Å². The molecule has 0 spiro atoms. The van der Waals surface area contributed by atoms with Crippen molar-refractivity contribution in [3.63, 3.8) is 0 Å². The SMILES string of the molecule is Cc1cccc(C(=O)ONc2ccn([C@@H]3O[C@H](CO)[C@@H](O)[C@H]3O)c(=O)n2)c1. The lowest BCUT2D eigenvalue weighted by molar-refractivity contribution is -0.0549. The average molecular weight is 377 g/mol. The van der Waals surface area contributed by atoms with Gasteiger partial charge >= 0.3 is 11.7 Å². The Labute approximate surface area is 153 Å². The molecule has 3 rings (SSSR count). The molecule has 10 heteroatoms. The van der Waals surface area contributed by atoms with Crippen molar-refractivity contribution >= 4 is 11.8 Å². The molecule has 0 bridgehead atoms. The molecule has 0 unspecified atom stereocenters. The number of hydrogen-bond donors (Lipinski definition) is 4. The van der Waals surface area contributed by atoms with Crippen molar-refractivity contribution < 1.29 is 29.7 Å². The number of ether oxygens (including phenoxy) is 1. The average Bonchev–Trinajstić information content (AvgIpc) is 2.94. The molecule has 0 radical (unpaired) electrons. The van der Waals surface area contributed by atoms with Gasteiger partial charge in [-0.3, -0.25) is 4.57 Å². The largest absolute Gasteiger partial charge is 0.394 e. The van der Waals surface area contributed by atoms with Crippen LogP contribution in [0, 0.1) is 6.92 Å². The summed E-state index contributed by atoms with van der Waals surface area (Å²) in [5, 5.41) is 28.8. The molecular formula is C17H19N3O7. The van der Waals surface area contributed by atoms with Crippen molar-refractivity contribution in [2.24, 2.45) is 0 Å². The first-order valence-electron chi connectivity index (χ1n) is 8.16. The Bertz CT molecular complexity index is 885. The molecule has 27 heavy (non-hydrogen) atoms. The van der Waals surface area contributed by atoms with Crippen LogP contribution in [-0.4, -0.2) is 55.8 Å². The summed E-state index contributed by atoms with van der Waals surface area (Å²) in [5.74, 6) is -0.669. The number of benzene rings is 1. The molecule has 1 aliphatic heterocycles. The van der Waals surface area contributed by atoms with E-state index in [1.54, 1.807) is 18.2 Å². The predicted molar refractivity (Wildman–Crippen MR) is 91.7 cm³/mol. The standard InChI is InChI=1S/C17H19N3O7/c1-9-3-2-4-10(7-9)16(24)27-19-12-5-6-20(17(25)18-12)15-14(23)13(22)11(8-21)26-15/h2-7,11,13-15,21-23H,8H2,1H3,(H,18,19,25)/t11-,13-,14-,15-/m1/s1. The first kappa shape index (κ1) is 19.0. The van der Waals surface area contributed by atoms with E-state index in [-0.39, 0.29) is 5.82 Å². The van der Waals surface area contributed by atoms with Gasteiger partial charge in [0, 0.05) is 12.3 Å². The number of rotatable bonds is 5. The number of aliphatic hydroxyl groups is 3. The van der Waals surface area contributed by atoms with E-state index >= 15 is 0 Å². The highest BCUT2D eigenvalue weighted by atomic mass is 16.7. The van der Waals surface area contributed by atoms with Gasteiger partial charge in [-0.05, 0) is 19.1 Å². The Hall–Kier alpha value is -2.79. The fraction of sp³-hybridized carbons (Fsp3) is 0.353. The van der Waals surface area contributed by atoms with Gasteiger partial charge < -0.3 is 24.9 Å². The zero-order valence-electron chi connectivity index (χ0n) is 14.3. The molecule has 1 aromatic carbocycles. The van der Waals surface area contributed by atoms with Crippen molar-refractivity contribution in [3.05, 3.63) is 58.1 Å². The predicted octanol–water partition coefficient (Wildman–Crippen LogP) is -0.653. The number of hydrogen-bond acceptors (Lipinski definition) is 9. The monoisotopic (exact) mass is 377 g/mol. The van der Waals surface area contributed by atoms with Crippen molar-refractivity contribution in [2.75, 3.05) is 12.1 Å². The number of carbonyl (C=O) groups excluding carboxylic acids is 1. The second-order valence-corrected chi connectivity index (χ2v) is 6.09. The highest BCUT2D eigenvalue weighted by molar-refractivity contribution is 5.89. The minimum absolute atomic E-state index is 0.0241. The van der Waals surface area contributed by atoms with E-state index in [0.29, 0.717) is 5.56 Å². The molecule has 2 aromatic rings. The van der Waals surface area contributed by atoms with E-state index in [4.69, 9.17) is 14.7 Å². The van der Waals surface area contributed by atoms with E-state index < -0.39 is 42.8 Å². The lowest BCUT2D eigenvalue weighted by Crippen LogP contribution is -2.36. The molecule has 1 aliphatic rings. The van der Waals surface area contributed by atoms with Crippen LogP contribution >= 0.6 is 0 Å². The third kappa shape index (κ3) is 3.98. The maximum atomic E-state index is 12.2. The van der Waals surface area contributed by atoms with Crippen LogP contribution in [-0.2, 0) is 9.57 Å². The number of nitrogens with zero attached hydrogens (tertiary/aromatic N) is 2. The fourth-order valence-corrected chi connectivity index (χ4v) is 2.70. The van der Waals surface area contributed by atoms with Gasteiger partial charge in [0.25, 0.3) is 0 Å². The molecule has 144 valence electrons. The Balaban J connectivity index is 1.68. The fourth-order valence-electron chi connectivity index (χ4n) is 2.70. The zero-order valence-corrected chi connectivity index (χ0v) is 14.3. The molecule has 1 aromatic heterocycles. The van der Waals surface area contributed by atoms with Gasteiger partial charge in [0.05, 0.1) is 12.2 Å². The Morgan fingerprint density at radius 1 is 1.33 bits per heavy atom. The minimum Gasteiger partial charge on any atom is -0.394 e. The summed E-state index contributed by atoms with van der Waals surface area (Å²) in [4.78, 5) is 32.8. The Kier molecular flexibility index (Phi) is 5.51. The number of anilines is 1. The summed E-state index contributed by atoms with van der Waals surface area (Å²) >= 11 is 0. The van der Waals surface area contributed by atoms with Gasteiger partial charge in [-0.25, -0.2) is 9.59 Å². The lowest BCUT2D eigenvalue weighted by atomic mass is 10.1. The molecule has 4 N–H and O–H groups in total. The smallest absolute Gasteiger partial charge is 0.362 e. The van der Waals surface area contributed by atoms with Crippen molar-refractivity contribution in [3.8, 4) is 0 Å². The maximum Gasteiger partial charge on any atom is 0.362 e. The number of nitrogens with one attached hydrogen (secondary N) is 1. The molecule has 0 saturated carbocycles. The Morgan fingerprint density at radius 2 is 2.11 bits per heavy atom. The van der Waals surface area contributed by atoms with Gasteiger partial charge in [0.2, 0.25) is 0 Å². The van der Waals surface area contributed by atoms with Crippen LogP contribution < -0.4 is 11.2 Å². The number of aliphatic hydroxyl groups excluding tert-OH is 3. The van der Waals surface area contributed by atoms with Gasteiger partial charge in [-0.1, -0.05) is 17.7 Å². The molecule has 0 amide bonds. The normalized spacial score (nSPS) is 24.6. The van der Waals surface area contributed by atoms with Crippen LogP contribution in [0.5, 0.6) is 0 Å². The number of aromatic nitrogens is 2. The quantitative estimate of drug-likeness (QED) is 0.500. The van der Waals surface area contributed by atoms with Crippen molar-refractivity contribution in [1.82, 2.24) is 9.55 Å². The first-order valence-corrected chi connectivity index (χ1v) is 8.16. The van der Waals surface area contributed by atoms with E-state index in [9.17, 15) is 19.8 Å². The lowest BCUT2D eigenvalue weighted by Gasteiger charge is -2.17. The summed E-state index contributed by atoms with van der Waals surface area (Å²) in [6, 6.07) is 8.12. The number of aryl methyl sites for hydroxylation is 1.